The van der Waals surface area contributed by atoms with Crippen LogP contribution >= 0.6 is 0 Å². The summed E-state index contributed by atoms with van der Waals surface area (Å²) < 4.78 is 0. The molecule has 0 saturated heterocycles. The van der Waals surface area contributed by atoms with Crippen molar-refractivity contribution < 1.29 is 4.79 Å². The van der Waals surface area contributed by atoms with E-state index in [0.29, 0.717) is 6.42 Å². The van der Waals surface area contributed by atoms with Crippen LogP contribution in [-0.2, 0) is 4.79 Å². The number of carbonyl (C=O) groups is 1. The standard InChI is InChI=1S/C25H43NO/c1-3-5-7-8-9-10-11-12-13-14-15-16-17-18-19-20-21-22-23-25(27)26-24-6-4-2/h10-11,13-14,16-17,19-20H,3-9,12,15,18,21-24H2,1-2H3,(H,26,27)/b11-10-,14-13-,17-16-,20-19-. The first-order chi connectivity index (χ1) is 13.3. The Balaban J connectivity index is 3.44. The fraction of sp³-hybridized carbons (Fsp3) is 0.640. The van der Waals surface area contributed by atoms with Gasteiger partial charge in [-0.3, -0.25) is 4.79 Å². The molecule has 1 amide bonds. The second-order valence-corrected chi connectivity index (χ2v) is 7.04. The molecule has 0 unspecified atom stereocenters. The third kappa shape index (κ3) is 22.4. The summed E-state index contributed by atoms with van der Waals surface area (Å²) in [5.74, 6) is 0.190. The van der Waals surface area contributed by atoms with Gasteiger partial charge in [0, 0.05) is 13.0 Å². The van der Waals surface area contributed by atoms with E-state index < -0.39 is 0 Å². The SMILES string of the molecule is CCCCCC/C=C\C/C=C\C/C=C\C/C=C\CCCC(=O)NCCCC. The maximum absolute atomic E-state index is 11.5. The molecule has 0 radical (unpaired) electrons. The van der Waals surface area contributed by atoms with Crippen LogP contribution in [-0.4, -0.2) is 12.5 Å². The lowest BCUT2D eigenvalue weighted by molar-refractivity contribution is -0.121. The highest BCUT2D eigenvalue weighted by molar-refractivity contribution is 5.75. The van der Waals surface area contributed by atoms with Crippen LogP contribution in [0.15, 0.2) is 48.6 Å². The predicted octanol–water partition coefficient (Wildman–Crippen LogP) is 7.44. The third-order valence-corrected chi connectivity index (χ3v) is 4.33. The summed E-state index contributed by atoms with van der Waals surface area (Å²) in [6, 6.07) is 0. The van der Waals surface area contributed by atoms with Gasteiger partial charge in [-0.05, 0) is 51.4 Å². The van der Waals surface area contributed by atoms with Crippen LogP contribution in [0.4, 0.5) is 0 Å². The molecule has 0 aromatic rings. The molecule has 0 aliphatic rings. The van der Waals surface area contributed by atoms with E-state index in [-0.39, 0.29) is 5.91 Å². The molecule has 1 N–H and O–H groups in total. The van der Waals surface area contributed by atoms with Crippen molar-refractivity contribution in [1.82, 2.24) is 5.32 Å². The van der Waals surface area contributed by atoms with Gasteiger partial charge in [0.05, 0.1) is 0 Å². The first-order valence-corrected chi connectivity index (χ1v) is 11.2. The van der Waals surface area contributed by atoms with Crippen molar-refractivity contribution in [3.8, 4) is 0 Å². The lowest BCUT2D eigenvalue weighted by atomic mass is 10.1. The van der Waals surface area contributed by atoms with Crippen LogP contribution in [0, 0.1) is 0 Å². The molecule has 2 nitrogen and oxygen atoms in total. The first kappa shape index (κ1) is 25.4. The minimum Gasteiger partial charge on any atom is -0.356 e. The van der Waals surface area contributed by atoms with E-state index >= 15 is 0 Å². The predicted molar refractivity (Wildman–Crippen MR) is 121 cm³/mol. The van der Waals surface area contributed by atoms with E-state index in [1.165, 1.54) is 32.1 Å². The largest absolute Gasteiger partial charge is 0.356 e. The lowest BCUT2D eigenvalue weighted by Crippen LogP contribution is -2.23. The van der Waals surface area contributed by atoms with Crippen LogP contribution in [0.3, 0.4) is 0 Å². The highest BCUT2D eigenvalue weighted by atomic mass is 16.1. The van der Waals surface area contributed by atoms with Crippen molar-refractivity contribution in [3.05, 3.63) is 48.6 Å². The molecule has 0 saturated carbocycles. The van der Waals surface area contributed by atoms with Crippen molar-refractivity contribution in [3.63, 3.8) is 0 Å². The maximum atomic E-state index is 11.5. The molecule has 0 spiro atoms. The smallest absolute Gasteiger partial charge is 0.220 e. The minimum absolute atomic E-state index is 0.190. The summed E-state index contributed by atoms with van der Waals surface area (Å²) >= 11 is 0. The molecule has 0 aromatic heterocycles. The highest BCUT2D eigenvalue weighted by Crippen LogP contribution is 2.03. The van der Waals surface area contributed by atoms with E-state index in [2.05, 4.69) is 67.8 Å². The molecule has 0 aliphatic heterocycles. The number of rotatable bonds is 18. The van der Waals surface area contributed by atoms with E-state index in [1.54, 1.807) is 0 Å². The van der Waals surface area contributed by atoms with Crippen molar-refractivity contribution >= 4 is 5.91 Å². The summed E-state index contributed by atoms with van der Waals surface area (Å²) in [5.41, 5.74) is 0. The summed E-state index contributed by atoms with van der Waals surface area (Å²) in [5, 5.41) is 2.96. The van der Waals surface area contributed by atoms with Crippen LogP contribution in [0.2, 0.25) is 0 Å². The molecule has 2 heteroatoms. The monoisotopic (exact) mass is 373 g/mol. The Morgan fingerprint density at radius 2 is 1.15 bits per heavy atom. The van der Waals surface area contributed by atoms with E-state index in [0.717, 1.165) is 51.5 Å². The van der Waals surface area contributed by atoms with Crippen molar-refractivity contribution in [2.75, 3.05) is 6.54 Å². The molecule has 0 atom stereocenters. The average molecular weight is 374 g/mol. The summed E-state index contributed by atoms with van der Waals surface area (Å²) in [6.07, 6.45) is 32.3. The molecule has 0 fully saturated rings. The zero-order chi connectivity index (χ0) is 19.8. The van der Waals surface area contributed by atoms with Gasteiger partial charge in [0.2, 0.25) is 5.91 Å². The first-order valence-electron chi connectivity index (χ1n) is 11.2. The number of hydrogen-bond donors (Lipinski definition) is 1. The molecule has 0 aliphatic carbocycles. The van der Waals surface area contributed by atoms with Crippen LogP contribution < -0.4 is 5.32 Å². The number of unbranched alkanes of at least 4 members (excludes halogenated alkanes) is 6. The number of nitrogens with one attached hydrogen (secondary N) is 1. The quantitative estimate of drug-likeness (QED) is 0.196. The number of carbonyl (C=O) groups excluding carboxylic acids is 1. The zero-order valence-corrected chi connectivity index (χ0v) is 17.9. The fourth-order valence-corrected chi connectivity index (χ4v) is 2.61. The summed E-state index contributed by atoms with van der Waals surface area (Å²) in [6.45, 7) is 5.21. The van der Waals surface area contributed by atoms with Crippen molar-refractivity contribution in [2.24, 2.45) is 0 Å². The normalized spacial score (nSPS) is 12.2. The number of amides is 1. The number of allylic oxidation sites excluding steroid dienone is 8. The van der Waals surface area contributed by atoms with Gasteiger partial charge in [-0.2, -0.15) is 0 Å². The van der Waals surface area contributed by atoms with Crippen LogP contribution in [0.1, 0.15) is 97.3 Å². The Morgan fingerprint density at radius 1 is 0.630 bits per heavy atom. The van der Waals surface area contributed by atoms with Crippen molar-refractivity contribution in [2.45, 2.75) is 97.3 Å². The van der Waals surface area contributed by atoms with Gasteiger partial charge in [-0.15, -0.1) is 0 Å². The van der Waals surface area contributed by atoms with Gasteiger partial charge < -0.3 is 5.32 Å². The molecular formula is C25H43NO. The second-order valence-electron chi connectivity index (χ2n) is 7.04. The Kier molecular flexibility index (Phi) is 21.2. The van der Waals surface area contributed by atoms with Gasteiger partial charge in [0.15, 0.2) is 0 Å². The lowest BCUT2D eigenvalue weighted by Gasteiger charge is -2.02. The second kappa shape index (κ2) is 22.5. The van der Waals surface area contributed by atoms with Gasteiger partial charge in [0.25, 0.3) is 0 Å². The Bertz CT molecular complexity index is 432. The molecular weight excluding hydrogens is 330 g/mol. The maximum Gasteiger partial charge on any atom is 0.220 e. The van der Waals surface area contributed by atoms with Crippen molar-refractivity contribution in [1.29, 1.82) is 0 Å². The van der Waals surface area contributed by atoms with Gasteiger partial charge in [-0.1, -0.05) is 88.1 Å². The van der Waals surface area contributed by atoms with E-state index in [4.69, 9.17) is 0 Å². The molecule has 0 heterocycles. The van der Waals surface area contributed by atoms with Crippen LogP contribution in [0.5, 0.6) is 0 Å². The molecule has 27 heavy (non-hydrogen) atoms. The fourth-order valence-electron chi connectivity index (χ4n) is 2.61. The Morgan fingerprint density at radius 3 is 1.70 bits per heavy atom. The highest BCUT2D eigenvalue weighted by Gasteiger charge is 1.97. The van der Waals surface area contributed by atoms with Gasteiger partial charge in [0.1, 0.15) is 0 Å². The Hall–Kier alpha value is -1.57. The third-order valence-electron chi connectivity index (χ3n) is 4.33. The molecule has 154 valence electrons. The van der Waals surface area contributed by atoms with Gasteiger partial charge >= 0.3 is 0 Å². The molecule has 0 aromatic carbocycles. The summed E-state index contributed by atoms with van der Waals surface area (Å²) in [7, 11) is 0. The minimum atomic E-state index is 0.190. The zero-order valence-electron chi connectivity index (χ0n) is 17.9. The van der Waals surface area contributed by atoms with E-state index in [9.17, 15) is 4.79 Å². The van der Waals surface area contributed by atoms with E-state index in [1.807, 2.05) is 0 Å². The topological polar surface area (TPSA) is 29.1 Å². The molecule has 0 bridgehead atoms. The molecule has 0 rings (SSSR count). The summed E-state index contributed by atoms with van der Waals surface area (Å²) in [4.78, 5) is 11.5. The van der Waals surface area contributed by atoms with Gasteiger partial charge in [-0.25, -0.2) is 0 Å². The van der Waals surface area contributed by atoms with Crippen LogP contribution in [0.25, 0.3) is 0 Å². The average Bonchev–Trinajstić information content (AvgIpc) is 2.67. The number of hydrogen-bond acceptors (Lipinski definition) is 1. The Labute approximate surface area is 168 Å².